The van der Waals surface area contributed by atoms with Crippen molar-refractivity contribution in [3.8, 4) is 0 Å². The molecule has 0 bridgehead atoms. The van der Waals surface area contributed by atoms with E-state index < -0.39 is 0 Å². The fraction of sp³-hybridized carbons (Fsp3) is 0.625. The van der Waals surface area contributed by atoms with Gasteiger partial charge in [0, 0.05) is 11.1 Å². The third-order valence-electron chi connectivity index (χ3n) is 4.04. The fourth-order valence-electron chi connectivity index (χ4n) is 3.56. The Morgan fingerprint density at radius 2 is 1.56 bits per heavy atom. The summed E-state index contributed by atoms with van der Waals surface area (Å²) < 4.78 is 0. The standard InChI is InChI=1S/C16H24NO/c1-15(2)11-14(12-16(3,4)17(15)18)10-13-8-6-5-7-9-13/h5-9,14H,10-12H2,1-4H3. The van der Waals surface area contributed by atoms with E-state index in [4.69, 9.17) is 0 Å². The van der Waals surface area contributed by atoms with Crippen molar-refractivity contribution in [2.24, 2.45) is 5.92 Å². The molecule has 0 amide bonds. The molecule has 2 nitrogen and oxygen atoms in total. The highest BCUT2D eigenvalue weighted by Crippen LogP contribution is 2.41. The van der Waals surface area contributed by atoms with Gasteiger partial charge < -0.3 is 0 Å². The van der Waals surface area contributed by atoms with Crippen molar-refractivity contribution in [1.29, 1.82) is 0 Å². The number of rotatable bonds is 2. The summed E-state index contributed by atoms with van der Waals surface area (Å²) in [6, 6.07) is 10.6. The molecule has 99 valence electrons. The molecule has 1 radical (unpaired) electrons. The van der Waals surface area contributed by atoms with Crippen LogP contribution in [0.5, 0.6) is 0 Å². The van der Waals surface area contributed by atoms with Crippen LogP contribution in [-0.4, -0.2) is 16.1 Å². The zero-order chi connectivity index (χ0) is 13.4. The maximum atomic E-state index is 12.3. The van der Waals surface area contributed by atoms with E-state index in [0.29, 0.717) is 5.92 Å². The lowest BCUT2D eigenvalue weighted by atomic mass is 9.73. The van der Waals surface area contributed by atoms with Crippen molar-refractivity contribution in [2.75, 3.05) is 0 Å². The van der Waals surface area contributed by atoms with Crippen LogP contribution in [0.15, 0.2) is 30.3 Å². The molecule has 0 unspecified atom stereocenters. The number of benzene rings is 1. The van der Waals surface area contributed by atoms with E-state index in [9.17, 15) is 5.21 Å². The van der Waals surface area contributed by atoms with Crippen molar-refractivity contribution in [3.05, 3.63) is 35.9 Å². The first kappa shape index (κ1) is 13.6. The van der Waals surface area contributed by atoms with Crippen LogP contribution in [0.4, 0.5) is 0 Å². The van der Waals surface area contributed by atoms with Crippen molar-refractivity contribution >= 4 is 0 Å². The lowest BCUT2D eigenvalue weighted by molar-refractivity contribution is -0.294. The maximum absolute atomic E-state index is 12.3. The first-order valence-corrected chi connectivity index (χ1v) is 6.83. The molecule has 1 aliphatic rings. The molecule has 0 N–H and O–H groups in total. The van der Waals surface area contributed by atoms with Gasteiger partial charge in [0.25, 0.3) is 0 Å². The monoisotopic (exact) mass is 246 g/mol. The van der Waals surface area contributed by atoms with Crippen molar-refractivity contribution in [2.45, 2.75) is 58.0 Å². The van der Waals surface area contributed by atoms with E-state index in [0.717, 1.165) is 19.3 Å². The third kappa shape index (κ3) is 2.76. The second-order valence-corrected chi connectivity index (χ2v) is 6.88. The van der Waals surface area contributed by atoms with Crippen LogP contribution in [0.3, 0.4) is 0 Å². The molecule has 2 heteroatoms. The summed E-state index contributed by atoms with van der Waals surface area (Å²) in [6.45, 7) is 8.27. The number of hydroxylamine groups is 2. The van der Waals surface area contributed by atoms with Crippen LogP contribution >= 0.6 is 0 Å². The molecule has 0 aromatic heterocycles. The molecule has 0 spiro atoms. The molecule has 0 aliphatic carbocycles. The quantitative estimate of drug-likeness (QED) is 0.777. The molecule has 1 fully saturated rings. The van der Waals surface area contributed by atoms with E-state index >= 15 is 0 Å². The summed E-state index contributed by atoms with van der Waals surface area (Å²) in [5, 5.41) is 13.6. The SMILES string of the molecule is CC1(C)CC(Cc2ccccc2)CC(C)(C)N1[O]. The normalized spacial score (nSPS) is 24.1. The molecule has 2 rings (SSSR count). The van der Waals surface area contributed by atoms with Gasteiger partial charge in [-0.05, 0) is 58.4 Å². The van der Waals surface area contributed by atoms with Crippen LogP contribution in [-0.2, 0) is 11.6 Å². The zero-order valence-corrected chi connectivity index (χ0v) is 11.9. The highest BCUT2D eigenvalue weighted by Gasteiger charge is 2.45. The van der Waals surface area contributed by atoms with Crippen LogP contribution in [0, 0.1) is 5.92 Å². The Morgan fingerprint density at radius 1 is 1.06 bits per heavy atom. The Balaban J connectivity index is 2.12. The van der Waals surface area contributed by atoms with Crippen LogP contribution in [0.25, 0.3) is 0 Å². The average molecular weight is 246 g/mol. The number of nitrogens with zero attached hydrogens (tertiary/aromatic N) is 1. The first-order chi connectivity index (χ1) is 8.31. The zero-order valence-electron chi connectivity index (χ0n) is 11.9. The van der Waals surface area contributed by atoms with Crippen molar-refractivity contribution < 1.29 is 5.21 Å². The van der Waals surface area contributed by atoms with E-state index in [-0.39, 0.29) is 11.1 Å². The lowest BCUT2D eigenvalue weighted by Crippen LogP contribution is -2.58. The van der Waals surface area contributed by atoms with E-state index in [1.807, 2.05) is 0 Å². The molecular formula is C16H24NO. The molecule has 1 aromatic carbocycles. The smallest absolute Gasteiger partial charge is 0.0446 e. The Labute approximate surface area is 111 Å². The Hall–Kier alpha value is -0.860. The van der Waals surface area contributed by atoms with Gasteiger partial charge in [-0.2, -0.15) is 0 Å². The van der Waals surface area contributed by atoms with Crippen LogP contribution < -0.4 is 0 Å². The Bertz CT molecular complexity index is 379. The topological polar surface area (TPSA) is 23.1 Å². The molecule has 1 saturated heterocycles. The van der Waals surface area contributed by atoms with Gasteiger partial charge in [-0.3, -0.25) is 0 Å². The van der Waals surface area contributed by atoms with Gasteiger partial charge in [0.2, 0.25) is 0 Å². The summed E-state index contributed by atoms with van der Waals surface area (Å²) in [5.74, 6) is 0.600. The molecular weight excluding hydrogens is 222 g/mol. The second kappa shape index (κ2) is 4.67. The minimum absolute atomic E-state index is 0.249. The summed E-state index contributed by atoms with van der Waals surface area (Å²) in [6.07, 6.45) is 3.05. The summed E-state index contributed by atoms with van der Waals surface area (Å²) in [4.78, 5) is 0. The van der Waals surface area contributed by atoms with Gasteiger partial charge in [0.15, 0.2) is 0 Å². The summed E-state index contributed by atoms with van der Waals surface area (Å²) in [5.41, 5.74) is 0.885. The maximum Gasteiger partial charge on any atom is 0.0446 e. The number of hydrogen-bond acceptors (Lipinski definition) is 1. The van der Waals surface area contributed by atoms with Gasteiger partial charge in [0.05, 0.1) is 0 Å². The Morgan fingerprint density at radius 3 is 2.06 bits per heavy atom. The molecule has 1 aliphatic heterocycles. The lowest BCUT2D eigenvalue weighted by Gasteiger charge is -2.50. The molecule has 1 aromatic rings. The van der Waals surface area contributed by atoms with Crippen LogP contribution in [0.2, 0.25) is 0 Å². The Kier molecular flexibility index (Phi) is 3.52. The van der Waals surface area contributed by atoms with Crippen LogP contribution in [0.1, 0.15) is 46.1 Å². The second-order valence-electron chi connectivity index (χ2n) is 6.88. The van der Waals surface area contributed by atoms with Crippen molar-refractivity contribution in [1.82, 2.24) is 5.06 Å². The van der Waals surface area contributed by atoms with Gasteiger partial charge in [0.1, 0.15) is 0 Å². The van der Waals surface area contributed by atoms with Gasteiger partial charge in [-0.25, -0.2) is 0 Å². The molecule has 0 atom stereocenters. The first-order valence-electron chi connectivity index (χ1n) is 6.83. The van der Waals surface area contributed by atoms with Gasteiger partial charge >= 0.3 is 0 Å². The predicted octanol–water partition coefficient (Wildman–Crippen LogP) is 3.84. The largest absolute Gasteiger partial charge is 0.144 e. The molecule has 1 heterocycles. The molecule has 18 heavy (non-hydrogen) atoms. The van der Waals surface area contributed by atoms with Crippen molar-refractivity contribution in [3.63, 3.8) is 0 Å². The molecule has 0 saturated carbocycles. The fourth-order valence-corrected chi connectivity index (χ4v) is 3.56. The number of hydrogen-bond donors (Lipinski definition) is 0. The van der Waals surface area contributed by atoms with E-state index in [1.165, 1.54) is 10.6 Å². The number of piperidine rings is 1. The van der Waals surface area contributed by atoms with Gasteiger partial charge in [-0.15, -0.1) is 10.3 Å². The summed E-state index contributed by atoms with van der Waals surface area (Å²) in [7, 11) is 0. The minimum Gasteiger partial charge on any atom is -0.144 e. The predicted molar refractivity (Wildman–Crippen MR) is 73.6 cm³/mol. The minimum atomic E-state index is -0.249. The third-order valence-corrected chi connectivity index (χ3v) is 4.04. The average Bonchev–Trinajstić information content (AvgIpc) is 2.26. The van der Waals surface area contributed by atoms with E-state index in [1.54, 1.807) is 0 Å². The highest BCUT2D eigenvalue weighted by atomic mass is 16.5. The van der Waals surface area contributed by atoms with E-state index in [2.05, 4.69) is 58.0 Å². The van der Waals surface area contributed by atoms with Gasteiger partial charge in [-0.1, -0.05) is 30.3 Å². The highest BCUT2D eigenvalue weighted by molar-refractivity contribution is 5.16. The summed E-state index contributed by atoms with van der Waals surface area (Å²) >= 11 is 0.